The maximum Gasteiger partial charge on any atom is 0.235 e. The first-order chi connectivity index (χ1) is 8.94. The van der Waals surface area contributed by atoms with Crippen LogP contribution in [0.2, 0.25) is 0 Å². The lowest BCUT2D eigenvalue weighted by Crippen LogP contribution is -2.25. The van der Waals surface area contributed by atoms with Crippen LogP contribution in [-0.4, -0.2) is 27.3 Å². The Kier molecular flexibility index (Phi) is 3.78. The molecule has 1 aromatic carbocycles. The number of rotatable bonds is 1. The molecule has 2 N–H and O–H groups in total. The summed E-state index contributed by atoms with van der Waals surface area (Å²) in [6.07, 6.45) is 0. The van der Waals surface area contributed by atoms with Gasteiger partial charge in [0.05, 0.1) is 23.5 Å². The standard InChI is InChI=1S/C13H15FN2O2S/c1-10-8-16(19(17,18)9-10)12-4-5-13(14)11(7-12)3-2-6-15/h4-5,7,10H,6,8-9,15H2,1H3. The summed E-state index contributed by atoms with van der Waals surface area (Å²) in [5.41, 5.74) is 5.86. The van der Waals surface area contributed by atoms with Gasteiger partial charge >= 0.3 is 0 Å². The van der Waals surface area contributed by atoms with Gasteiger partial charge in [0, 0.05) is 6.54 Å². The number of nitrogens with zero attached hydrogens (tertiary/aromatic N) is 1. The molecular formula is C13H15FN2O2S. The van der Waals surface area contributed by atoms with Crippen molar-refractivity contribution in [3.05, 3.63) is 29.6 Å². The molecule has 2 rings (SSSR count). The van der Waals surface area contributed by atoms with E-state index in [1.165, 1.54) is 22.5 Å². The van der Waals surface area contributed by atoms with Gasteiger partial charge in [0.25, 0.3) is 0 Å². The van der Waals surface area contributed by atoms with E-state index in [2.05, 4.69) is 11.8 Å². The molecule has 0 amide bonds. The lowest BCUT2D eigenvalue weighted by molar-refractivity contribution is 0.597. The molecule has 0 radical (unpaired) electrons. The fourth-order valence-corrected chi connectivity index (χ4v) is 4.00. The molecule has 1 aliphatic heterocycles. The van der Waals surface area contributed by atoms with Crippen molar-refractivity contribution < 1.29 is 12.8 Å². The fraction of sp³-hybridized carbons (Fsp3) is 0.385. The zero-order valence-electron chi connectivity index (χ0n) is 10.6. The van der Waals surface area contributed by atoms with E-state index in [0.717, 1.165) is 0 Å². The number of nitrogens with two attached hydrogens (primary N) is 1. The predicted octanol–water partition coefficient (Wildman–Crippen LogP) is 0.922. The van der Waals surface area contributed by atoms with Crippen molar-refractivity contribution in [3.63, 3.8) is 0 Å². The highest BCUT2D eigenvalue weighted by atomic mass is 32.2. The third-order valence-corrected chi connectivity index (χ3v) is 4.89. The molecule has 19 heavy (non-hydrogen) atoms. The first-order valence-electron chi connectivity index (χ1n) is 5.93. The van der Waals surface area contributed by atoms with Crippen molar-refractivity contribution in [2.45, 2.75) is 6.92 Å². The van der Waals surface area contributed by atoms with Crippen LogP contribution in [0.25, 0.3) is 0 Å². The molecule has 102 valence electrons. The number of hydrogen-bond donors (Lipinski definition) is 1. The van der Waals surface area contributed by atoms with Crippen LogP contribution in [0.4, 0.5) is 10.1 Å². The number of anilines is 1. The summed E-state index contributed by atoms with van der Waals surface area (Å²) >= 11 is 0. The van der Waals surface area contributed by atoms with E-state index in [-0.39, 0.29) is 23.8 Å². The van der Waals surface area contributed by atoms with Crippen LogP contribution in [0.1, 0.15) is 12.5 Å². The number of benzene rings is 1. The molecule has 0 aliphatic carbocycles. The predicted molar refractivity (Wildman–Crippen MR) is 72.6 cm³/mol. The van der Waals surface area contributed by atoms with Gasteiger partial charge in [-0.3, -0.25) is 4.31 Å². The molecule has 6 heteroatoms. The Morgan fingerprint density at radius 3 is 2.84 bits per heavy atom. The van der Waals surface area contributed by atoms with Crippen LogP contribution in [-0.2, 0) is 10.0 Å². The van der Waals surface area contributed by atoms with Gasteiger partial charge in [-0.05, 0) is 24.1 Å². The van der Waals surface area contributed by atoms with Crippen LogP contribution in [0.3, 0.4) is 0 Å². The highest BCUT2D eigenvalue weighted by Crippen LogP contribution is 2.28. The maximum atomic E-state index is 13.5. The third-order valence-electron chi connectivity index (χ3n) is 2.87. The number of hydrogen-bond acceptors (Lipinski definition) is 3. The number of sulfonamides is 1. The molecule has 1 heterocycles. The van der Waals surface area contributed by atoms with Crippen LogP contribution >= 0.6 is 0 Å². The summed E-state index contributed by atoms with van der Waals surface area (Å²) in [7, 11) is -3.30. The molecule has 1 aliphatic rings. The molecule has 1 fully saturated rings. The average Bonchev–Trinajstić information content (AvgIpc) is 2.61. The van der Waals surface area contributed by atoms with Crippen LogP contribution in [0, 0.1) is 23.6 Å². The fourth-order valence-electron chi connectivity index (χ4n) is 2.08. The van der Waals surface area contributed by atoms with Crippen LogP contribution < -0.4 is 10.0 Å². The normalized spacial score (nSPS) is 21.0. The van der Waals surface area contributed by atoms with Crippen molar-refractivity contribution >= 4 is 15.7 Å². The minimum absolute atomic E-state index is 0.0635. The Labute approximate surface area is 112 Å². The van der Waals surface area contributed by atoms with Gasteiger partial charge in [0.2, 0.25) is 10.0 Å². The molecule has 0 bridgehead atoms. The third kappa shape index (κ3) is 2.88. The summed E-state index contributed by atoms with van der Waals surface area (Å²) in [5, 5.41) is 0. The summed E-state index contributed by atoms with van der Waals surface area (Å²) in [5.74, 6) is 4.87. The topological polar surface area (TPSA) is 63.4 Å². The first kappa shape index (κ1) is 13.8. The summed E-state index contributed by atoms with van der Waals surface area (Å²) in [4.78, 5) is 0. The Bertz CT molecular complexity index is 646. The van der Waals surface area contributed by atoms with Gasteiger partial charge in [-0.25, -0.2) is 12.8 Å². The zero-order valence-corrected chi connectivity index (χ0v) is 11.4. The monoisotopic (exact) mass is 282 g/mol. The second-order valence-electron chi connectivity index (χ2n) is 4.58. The molecule has 0 aromatic heterocycles. The Morgan fingerprint density at radius 1 is 1.53 bits per heavy atom. The van der Waals surface area contributed by atoms with Crippen molar-refractivity contribution in [2.24, 2.45) is 11.7 Å². The van der Waals surface area contributed by atoms with Crippen molar-refractivity contribution in [1.29, 1.82) is 0 Å². The second kappa shape index (κ2) is 5.19. The highest BCUT2D eigenvalue weighted by Gasteiger charge is 2.33. The SMILES string of the molecule is CC1CN(c2ccc(F)c(C#CCN)c2)S(=O)(=O)C1. The minimum atomic E-state index is -3.30. The summed E-state index contributed by atoms with van der Waals surface area (Å²) in [6, 6.07) is 4.14. The molecular weight excluding hydrogens is 267 g/mol. The van der Waals surface area contributed by atoms with Gasteiger partial charge in [-0.15, -0.1) is 0 Å². The molecule has 4 nitrogen and oxygen atoms in total. The van der Waals surface area contributed by atoms with Crippen LogP contribution in [0.5, 0.6) is 0 Å². The Hall–Kier alpha value is -1.58. The van der Waals surface area contributed by atoms with E-state index in [1.807, 2.05) is 6.92 Å². The number of halogens is 1. The van der Waals surface area contributed by atoms with Gasteiger partial charge in [0.15, 0.2) is 0 Å². The molecule has 1 unspecified atom stereocenters. The molecule has 0 spiro atoms. The lowest BCUT2D eigenvalue weighted by atomic mass is 10.1. The molecule has 0 saturated carbocycles. The van der Waals surface area contributed by atoms with E-state index < -0.39 is 15.8 Å². The van der Waals surface area contributed by atoms with E-state index in [1.54, 1.807) is 0 Å². The van der Waals surface area contributed by atoms with Crippen molar-refractivity contribution in [2.75, 3.05) is 23.1 Å². The van der Waals surface area contributed by atoms with Crippen molar-refractivity contribution in [1.82, 2.24) is 0 Å². The highest BCUT2D eigenvalue weighted by molar-refractivity contribution is 7.93. The van der Waals surface area contributed by atoms with E-state index in [4.69, 9.17) is 5.73 Å². The van der Waals surface area contributed by atoms with Gasteiger partial charge in [-0.1, -0.05) is 18.8 Å². The van der Waals surface area contributed by atoms with Crippen molar-refractivity contribution in [3.8, 4) is 11.8 Å². The summed E-state index contributed by atoms with van der Waals surface area (Å²) in [6.45, 7) is 2.41. The molecule has 1 atom stereocenters. The Morgan fingerprint density at radius 2 is 2.26 bits per heavy atom. The largest absolute Gasteiger partial charge is 0.320 e. The van der Waals surface area contributed by atoms with Gasteiger partial charge in [-0.2, -0.15) is 0 Å². The first-order valence-corrected chi connectivity index (χ1v) is 7.54. The summed E-state index contributed by atoms with van der Waals surface area (Å²) < 4.78 is 38.8. The second-order valence-corrected chi connectivity index (χ2v) is 6.52. The van der Waals surface area contributed by atoms with Gasteiger partial charge in [0.1, 0.15) is 5.82 Å². The Balaban J connectivity index is 2.42. The van der Waals surface area contributed by atoms with E-state index in [9.17, 15) is 12.8 Å². The van der Waals surface area contributed by atoms with E-state index >= 15 is 0 Å². The molecule has 1 aromatic rings. The average molecular weight is 282 g/mol. The molecule has 1 saturated heterocycles. The van der Waals surface area contributed by atoms with Gasteiger partial charge < -0.3 is 5.73 Å². The van der Waals surface area contributed by atoms with Crippen LogP contribution in [0.15, 0.2) is 18.2 Å². The quantitative estimate of drug-likeness (QED) is 0.779. The minimum Gasteiger partial charge on any atom is -0.320 e. The smallest absolute Gasteiger partial charge is 0.235 e. The van der Waals surface area contributed by atoms with E-state index in [0.29, 0.717) is 12.2 Å². The maximum absolute atomic E-state index is 13.5. The zero-order chi connectivity index (χ0) is 14.0. The lowest BCUT2D eigenvalue weighted by Gasteiger charge is -2.17.